The largest absolute Gasteiger partial charge is 0.497 e. The van der Waals surface area contributed by atoms with Crippen LogP contribution in [0.15, 0.2) is 23.1 Å². The molecule has 2 rings (SSSR count). The van der Waals surface area contributed by atoms with Crippen LogP contribution in [0.2, 0.25) is 0 Å². The number of nitrogens with zero attached hydrogens (tertiary/aromatic N) is 1. The van der Waals surface area contributed by atoms with Crippen LogP contribution < -0.4 is 4.74 Å². The van der Waals surface area contributed by atoms with Crippen molar-refractivity contribution in [2.45, 2.75) is 24.2 Å². The summed E-state index contributed by atoms with van der Waals surface area (Å²) in [4.78, 5) is 11.0. The molecule has 20 heavy (non-hydrogen) atoms. The van der Waals surface area contributed by atoms with Crippen molar-refractivity contribution in [2.75, 3.05) is 20.2 Å². The number of sulfonamides is 1. The van der Waals surface area contributed by atoms with Gasteiger partial charge in [0, 0.05) is 13.1 Å². The predicted molar refractivity (Wildman–Crippen MR) is 72.3 cm³/mol. The van der Waals surface area contributed by atoms with Crippen LogP contribution in [0.1, 0.15) is 18.4 Å². The number of carboxylic acid groups (broad SMARTS) is 1. The summed E-state index contributed by atoms with van der Waals surface area (Å²) < 4.78 is 31.5. The van der Waals surface area contributed by atoms with Crippen LogP contribution in [-0.2, 0) is 21.2 Å². The lowest BCUT2D eigenvalue weighted by molar-refractivity contribution is -0.136. The molecule has 0 aromatic heterocycles. The van der Waals surface area contributed by atoms with Gasteiger partial charge in [0.05, 0.1) is 18.4 Å². The van der Waals surface area contributed by atoms with Crippen molar-refractivity contribution in [2.24, 2.45) is 0 Å². The third kappa shape index (κ3) is 2.94. The minimum Gasteiger partial charge on any atom is -0.497 e. The number of benzene rings is 1. The zero-order chi connectivity index (χ0) is 14.8. The number of methoxy groups -OCH3 is 1. The molecule has 1 aliphatic heterocycles. The number of carbonyl (C=O) groups is 1. The molecule has 1 saturated heterocycles. The molecule has 0 amide bonds. The first-order chi connectivity index (χ1) is 9.45. The fourth-order valence-electron chi connectivity index (χ4n) is 2.30. The van der Waals surface area contributed by atoms with E-state index in [2.05, 4.69) is 0 Å². The lowest BCUT2D eigenvalue weighted by Gasteiger charge is -2.18. The third-order valence-corrected chi connectivity index (χ3v) is 5.29. The second-order valence-corrected chi connectivity index (χ2v) is 6.56. The van der Waals surface area contributed by atoms with E-state index in [9.17, 15) is 13.2 Å². The monoisotopic (exact) mass is 299 g/mol. The van der Waals surface area contributed by atoms with Gasteiger partial charge in [0.1, 0.15) is 5.75 Å². The van der Waals surface area contributed by atoms with Crippen molar-refractivity contribution < 1.29 is 23.1 Å². The highest BCUT2D eigenvalue weighted by atomic mass is 32.2. The molecule has 0 spiro atoms. The van der Waals surface area contributed by atoms with Gasteiger partial charge in [0.2, 0.25) is 10.0 Å². The van der Waals surface area contributed by atoms with Crippen molar-refractivity contribution in [3.05, 3.63) is 23.8 Å². The predicted octanol–water partition coefficient (Wildman–Crippen LogP) is 1.11. The maximum atomic E-state index is 12.5. The molecule has 7 heteroatoms. The van der Waals surface area contributed by atoms with E-state index in [0.29, 0.717) is 18.8 Å². The van der Waals surface area contributed by atoms with Crippen LogP contribution in [0.3, 0.4) is 0 Å². The molecule has 0 unspecified atom stereocenters. The normalized spacial score (nSPS) is 16.2. The Bertz CT molecular complexity index is 605. The van der Waals surface area contributed by atoms with Gasteiger partial charge in [0.15, 0.2) is 0 Å². The van der Waals surface area contributed by atoms with E-state index < -0.39 is 16.0 Å². The van der Waals surface area contributed by atoms with Gasteiger partial charge in [-0.2, -0.15) is 4.31 Å². The maximum absolute atomic E-state index is 12.5. The van der Waals surface area contributed by atoms with Gasteiger partial charge in [-0.05, 0) is 36.6 Å². The lowest BCUT2D eigenvalue weighted by Crippen LogP contribution is -2.29. The van der Waals surface area contributed by atoms with Gasteiger partial charge in [-0.1, -0.05) is 0 Å². The Kier molecular flexibility index (Phi) is 4.29. The second-order valence-electron chi connectivity index (χ2n) is 4.66. The first-order valence-electron chi connectivity index (χ1n) is 6.34. The Morgan fingerprint density at radius 2 is 2.00 bits per heavy atom. The van der Waals surface area contributed by atoms with Crippen molar-refractivity contribution in [1.29, 1.82) is 0 Å². The zero-order valence-corrected chi connectivity index (χ0v) is 12.0. The highest BCUT2D eigenvalue weighted by molar-refractivity contribution is 7.89. The van der Waals surface area contributed by atoms with Crippen LogP contribution in [0.25, 0.3) is 0 Å². The van der Waals surface area contributed by atoms with Gasteiger partial charge in [-0.15, -0.1) is 0 Å². The summed E-state index contributed by atoms with van der Waals surface area (Å²) >= 11 is 0. The molecule has 1 aromatic rings. The molecule has 6 nitrogen and oxygen atoms in total. The average molecular weight is 299 g/mol. The highest BCUT2D eigenvalue weighted by Crippen LogP contribution is 2.27. The quantitative estimate of drug-likeness (QED) is 0.880. The van der Waals surface area contributed by atoms with Gasteiger partial charge in [-0.3, -0.25) is 4.79 Å². The first-order valence-corrected chi connectivity index (χ1v) is 7.78. The zero-order valence-electron chi connectivity index (χ0n) is 11.2. The molecular formula is C13H17NO5S. The minimum absolute atomic E-state index is 0.0580. The van der Waals surface area contributed by atoms with E-state index in [-0.39, 0.29) is 16.9 Å². The van der Waals surface area contributed by atoms with E-state index in [4.69, 9.17) is 9.84 Å². The number of aliphatic carboxylic acids is 1. The summed E-state index contributed by atoms with van der Waals surface area (Å²) in [6.07, 6.45) is 1.33. The third-order valence-electron chi connectivity index (χ3n) is 3.29. The van der Waals surface area contributed by atoms with Crippen LogP contribution >= 0.6 is 0 Å². The molecule has 1 aliphatic rings. The Hall–Kier alpha value is -1.60. The molecule has 1 aromatic carbocycles. The summed E-state index contributed by atoms with van der Waals surface area (Å²) in [5.74, 6) is -0.627. The van der Waals surface area contributed by atoms with E-state index in [1.165, 1.54) is 29.6 Å². The van der Waals surface area contributed by atoms with E-state index in [1.54, 1.807) is 0 Å². The highest BCUT2D eigenvalue weighted by Gasteiger charge is 2.29. The number of rotatable bonds is 5. The van der Waals surface area contributed by atoms with Crippen molar-refractivity contribution >= 4 is 16.0 Å². The van der Waals surface area contributed by atoms with E-state index >= 15 is 0 Å². The van der Waals surface area contributed by atoms with Gasteiger partial charge in [0.25, 0.3) is 0 Å². The Labute approximate surface area is 118 Å². The molecule has 1 heterocycles. The molecule has 1 N–H and O–H groups in total. The van der Waals surface area contributed by atoms with Crippen LogP contribution in [0, 0.1) is 0 Å². The molecule has 0 radical (unpaired) electrons. The molecule has 0 aliphatic carbocycles. The van der Waals surface area contributed by atoms with Crippen LogP contribution in [-0.4, -0.2) is 44.0 Å². The van der Waals surface area contributed by atoms with Crippen molar-refractivity contribution in [3.63, 3.8) is 0 Å². The molecule has 110 valence electrons. The van der Waals surface area contributed by atoms with Gasteiger partial charge in [-0.25, -0.2) is 8.42 Å². The number of carboxylic acids is 1. The fraction of sp³-hybridized carbons (Fsp3) is 0.462. The van der Waals surface area contributed by atoms with Crippen molar-refractivity contribution in [3.8, 4) is 5.75 Å². The van der Waals surface area contributed by atoms with Crippen molar-refractivity contribution in [1.82, 2.24) is 4.31 Å². The van der Waals surface area contributed by atoms with Crippen LogP contribution in [0.5, 0.6) is 5.75 Å². The van der Waals surface area contributed by atoms with Crippen LogP contribution in [0.4, 0.5) is 0 Å². The smallest absolute Gasteiger partial charge is 0.307 e. The Morgan fingerprint density at radius 3 is 2.55 bits per heavy atom. The molecule has 0 atom stereocenters. The number of ether oxygens (including phenoxy) is 1. The molecule has 0 bridgehead atoms. The lowest BCUT2D eigenvalue weighted by atomic mass is 10.1. The minimum atomic E-state index is -3.63. The van der Waals surface area contributed by atoms with E-state index in [1.807, 2.05) is 0 Å². The molecule has 0 saturated carbocycles. The Balaban J connectivity index is 2.46. The summed E-state index contributed by atoms with van der Waals surface area (Å²) in [6, 6.07) is 4.43. The number of hydrogen-bond acceptors (Lipinski definition) is 4. The maximum Gasteiger partial charge on any atom is 0.307 e. The first kappa shape index (κ1) is 14.8. The Morgan fingerprint density at radius 1 is 1.35 bits per heavy atom. The summed E-state index contributed by atoms with van der Waals surface area (Å²) in [5, 5.41) is 8.94. The summed E-state index contributed by atoms with van der Waals surface area (Å²) in [6.45, 7) is 0.974. The topological polar surface area (TPSA) is 83.9 Å². The second kappa shape index (κ2) is 5.80. The SMILES string of the molecule is COc1ccc(S(=O)(=O)N2CCCC2)c(CC(=O)O)c1. The summed E-state index contributed by atoms with van der Waals surface area (Å²) in [7, 11) is -2.17. The van der Waals surface area contributed by atoms with E-state index in [0.717, 1.165) is 12.8 Å². The molecule has 1 fully saturated rings. The fourth-order valence-corrected chi connectivity index (χ4v) is 4.02. The average Bonchev–Trinajstić information content (AvgIpc) is 2.92. The summed E-state index contributed by atoms with van der Waals surface area (Å²) in [5.41, 5.74) is 0.253. The standard InChI is InChI=1S/C13H17NO5S/c1-19-11-4-5-12(10(8-11)9-13(15)16)20(17,18)14-6-2-3-7-14/h4-5,8H,2-3,6-7,9H2,1H3,(H,15,16). The van der Waals surface area contributed by atoms with Gasteiger partial charge < -0.3 is 9.84 Å². The molecular weight excluding hydrogens is 282 g/mol. The number of hydrogen-bond donors (Lipinski definition) is 1. The van der Waals surface area contributed by atoms with Gasteiger partial charge >= 0.3 is 5.97 Å².